The second-order valence-corrected chi connectivity index (χ2v) is 5.75. The molecule has 1 amide bonds. The van der Waals surface area contributed by atoms with Gasteiger partial charge in [-0.2, -0.15) is 0 Å². The van der Waals surface area contributed by atoms with Crippen LogP contribution in [-0.2, 0) is 9.53 Å². The predicted molar refractivity (Wildman–Crippen MR) is 83.7 cm³/mol. The summed E-state index contributed by atoms with van der Waals surface area (Å²) in [6, 6.07) is 8.90. The van der Waals surface area contributed by atoms with Crippen LogP contribution in [0.2, 0.25) is 0 Å². The van der Waals surface area contributed by atoms with Gasteiger partial charge >= 0.3 is 0 Å². The Morgan fingerprint density at radius 3 is 2.43 bits per heavy atom. The van der Waals surface area contributed by atoms with Gasteiger partial charge in [0.15, 0.2) is 0 Å². The number of hydrogen-bond acceptors (Lipinski definition) is 3. The van der Waals surface area contributed by atoms with Crippen molar-refractivity contribution in [1.29, 1.82) is 0 Å². The number of amides is 1. The van der Waals surface area contributed by atoms with Crippen LogP contribution in [0, 0.1) is 0 Å². The first-order valence-corrected chi connectivity index (χ1v) is 7.52. The number of nitrogens with zero attached hydrogens (tertiary/aromatic N) is 1. The van der Waals surface area contributed by atoms with Crippen LogP contribution in [-0.4, -0.2) is 52.9 Å². The highest BCUT2D eigenvalue weighted by molar-refractivity contribution is 5.72. The molecule has 1 heterocycles. The largest absolute Gasteiger partial charge is 0.378 e. The number of quaternary nitrogens is 1. The lowest BCUT2D eigenvalue weighted by Crippen LogP contribution is -3.15. The van der Waals surface area contributed by atoms with Gasteiger partial charge in [0.25, 0.3) is 0 Å². The highest BCUT2D eigenvalue weighted by Gasteiger charge is 2.26. The lowest BCUT2D eigenvalue weighted by molar-refractivity contribution is -0.937. The van der Waals surface area contributed by atoms with Crippen molar-refractivity contribution in [3.05, 3.63) is 29.8 Å². The summed E-state index contributed by atoms with van der Waals surface area (Å²) < 4.78 is 5.45. The van der Waals surface area contributed by atoms with Crippen molar-refractivity contribution in [2.24, 2.45) is 0 Å². The third-order valence-electron chi connectivity index (χ3n) is 3.99. The fourth-order valence-electron chi connectivity index (χ4n) is 2.73. The summed E-state index contributed by atoms with van der Waals surface area (Å²) in [6.07, 6.45) is 0. The van der Waals surface area contributed by atoms with E-state index >= 15 is 0 Å². The Kier molecular flexibility index (Phi) is 5.59. The highest BCUT2D eigenvalue weighted by atomic mass is 16.5. The first kappa shape index (κ1) is 15.8. The van der Waals surface area contributed by atoms with Gasteiger partial charge in [-0.25, -0.2) is 0 Å². The molecule has 0 bridgehead atoms. The van der Waals surface area contributed by atoms with E-state index in [0.29, 0.717) is 6.54 Å². The van der Waals surface area contributed by atoms with E-state index < -0.39 is 0 Å². The van der Waals surface area contributed by atoms with Gasteiger partial charge in [0.05, 0.1) is 19.8 Å². The average molecular weight is 292 g/mol. The van der Waals surface area contributed by atoms with Gasteiger partial charge in [-0.3, -0.25) is 4.79 Å². The molecule has 1 aromatic rings. The number of anilines is 1. The molecule has 0 radical (unpaired) electrons. The zero-order valence-electron chi connectivity index (χ0n) is 13.2. The topological polar surface area (TPSA) is 46.0 Å². The van der Waals surface area contributed by atoms with Crippen molar-refractivity contribution < 1.29 is 14.4 Å². The molecule has 2 N–H and O–H groups in total. The second-order valence-electron chi connectivity index (χ2n) is 5.75. The Labute approximate surface area is 126 Å². The molecule has 5 heteroatoms. The van der Waals surface area contributed by atoms with Crippen molar-refractivity contribution in [2.75, 3.05) is 51.8 Å². The third kappa shape index (κ3) is 4.44. The molecule has 0 aliphatic carbocycles. The molecule has 0 saturated carbocycles. The van der Waals surface area contributed by atoms with Gasteiger partial charge < -0.3 is 19.9 Å². The molecular formula is C16H26N3O2+. The summed E-state index contributed by atoms with van der Waals surface area (Å²) in [6.45, 7) is 5.80. The Hall–Kier alpha value is -1.59. The molecule has 1 fully saturated rings. The quantitative estimate of drug-likeness (QED) is 0.793. The van der Waals surface area contributed by atoms with Gasteiger partial charge in [0, 0.05) is 32.3 Å². The van der Waals surface area contributed by atoms with Gasteiger partial charge in [-0.05, 0) is 12.1 Å². The lowest BCUT2D eigenvalue weighted by Gasteiger charge is -2.32. The Bertz CT molecular complexity index is 453. The van der Waals surface area contributed by atoms with Crippen molar-refractivity contribution in [3.63, 3.8) is 0 Å². The Morgan fingerprint density at radius 2 is 1.90 bits per heavy atom. The number of carbonyl (C=O) groups is 1. The standard InChI is InChI=1S/C16H25N3O2/c1-13(20)17-12-16(19-8-10-21-11-9-19)14-4-6-15(7-5-14)18(2)3/h4-7,16H,8-12H2,1-3H3,(H,17,20)/p+1/t16-/m1/s1. The van der Waals surface area contributed by atoms with Crippen molar-refractivity contribution in [1.82, 2.24) is 5.32 Å². The smallest absolute Gasteiger partial charge is 0.217 e. The number of morpholine rings is 1. The van der Waals surface area contributed by atoms with E-state index in [1.807, 2.05) is 14.1 Å². The summed E-state index contributed by atoms with van der Waals surface area (Å²) in [5, 5.41) is 2.97. The van der Waals surface area contributed by atoms with E-state index in [0.717, 1.165) is 26.3 Å². The number of nitrogens with one attached hydrogen (secondary N) is 2. The van der Waals surface area contributed by atoms with Crippen molar-refractivity contribution in [3.8, 4) is 0 Å². The number of rotatable bonds is 5. The summed E-state index contributed by atoms with van der Waals surface area (Å²) in [7, 11) is 4.08. The fourth-order valence-corrected chi connectivity index (χ4v) is 2.73. The van der Waals surface area contributed by atoms with Crippen LogP contribution in [0.4, 0.5) is 5.69 Å². The van der Waals surface area contributed by atoms with Crippen LogP contribution in [0.3, 0.4) is 0 Å². The van der Waals surface area contributed by atoms with Gasteiger partial charge in [-0.1, -0.05) is 12.1 Å². The number of benzene rings is 1. The molecule has 0 unspecified atom stereocenters. The van der Waals surface area contributed by atoms with Crippen LogP contribution < -0.4 is 15.1 Å². The van der Waals surface area contributed by atoms with Crippen LogP contribution in [0.1, 0.15) is 18.5 Å². The van der Waals surface area contributed by atoms with E-state index in [1.54, 1.807) is 6.92 Å². The minimum Gasteiger partial charge on any atom is -0.378 e. The summed E-state index contributed by atoms with van der Waals surface area (Å²) in [5.41, 5.74) is 2.46. The normalized spacial score (nSPS) is 17.3. The minimum absolute atomic E-state index is 0.0255. The summed E-state index contributed by atoms with van der Waals surface area (Å²) in [4.78, 5) is 14.8. The number of carbonyl (C=O) groups excluding carboxylic acids is 1. The monoisotopic (exact) mass is 292 g/mol. The average Bonchev–Trinajstić information content (AvgIpc) is 2.49. The molecule has 2 rings (SSSR count). The molecule has 0 aromatic heterocycles. The third-order valence-corrected chi connectivity index (χ3v) is 3.99. The SMILES string of the molecule is CC(=O)NC[C@H](c1ccc(N(C)C)cc1)[NH+]1CCOCC1. The van der Waals surface area contributed by atoms with Crippen molar-refractivity contribution in [2.45, 2.75) is 13.0 Å². The molecule has 1 aliphatic heterocycles. The highest BCUT2D eigenvalue weighted by Crippen LogP contribution is 2.16. The predicted octanol–water partition coefficient (Wildman–Crippen LogP) is -0.155. The molecule has 21 heavy (non-hydrogen) atoms. The van der Waals surface area contributed by atoms with Crippen LogP contribution in [0.15, 0.2) is 24.3 Å². The van der Waals surface area contributed by atoms with E-state index in [2.05, 4.69) is 34.5 Å². The van der Waals surface area contributed by atoms with Crippen LogP contribution in [0.25, 0.3) is 0 Å². The zero-order valence-corrected chi connectivity index (χ0v) is 13.2. The lowest BCUT2D eigenvalue weighted by atomic mass is 10.0. The first-order chi connectivity index (χ1) is 10.1. The molecule has 5 nitrogen and oxygen atoms in total. The molecule has 1 aromatic carbocycles. The maximum atomic E-state index is 11.3. The van der Waals surface area contributed by atoms with Crippen molar-refractivity contribution >= 4 is 11.6 Å². The number of ether oxygens (including phenoxy) is 1. The van der Waals surface area contributed by atoms with E-state index in [9.17, 15) is 4.79 Å². The number of hydrogen-bond donors (Lipinski definition) is 2. The molecule has 116 valence electrons. The second kappa shape index (κ2) is 7.43. The molecular weight excluding hydrogens is 266 g/mol. The van der Waals surface area contributed by atoms with Gasteiger partial charge in [0.1, 0.15) is 19.1 Å². The minimum atomic E-state index is 0.0255. The fraction of sp³-hybridized carbons (Fsp3) is 0.562. The Morgan fingerprint density at radius 1 is 1.29 bits per heavy atom. The first-order valence-electron chi connectivity index (χ1n) is 7.52. The van der Waals surface area contributed by atoms with Crippen LogP contribution >= 0.6 is 0 Å². The molecule has 0 spiro atoms. The zero-order chi connectivity index (χ0) is 15.2. The van der Waals surface area contributed by atoms with E-state index in [1.165, 1.54) is 16.2 Å². The Balaban J connectivity index is 2.14. The molecule has 1 saturated heterocycles. The van der Waals surface area contributed by atoms with Gasteiger partial charge in [-0.15, -0.1) is 0 Å². The van der Waals surface area contributed by atoms with E-state index in [-0.39, 0.29) is 11.9 Å². The summed E-state index contributed by atoms with van der Waals surface area (Å²) >= 11 is 0. The maximum Gasteiger partial charge on any atom is 0.217 e. The van der Waals surface area contributed by atoms with E-state index in [4.69, 9.17) is 4.74 Å². The molecule has 1 atom stereocenters. The maximum absolute atomic E-state index is 11.3. The van der Waals surface area contributed by atoms with Crippen LogP contribution in [0.5, 0.6) is 0 Å². The van der Waals surface area contributed by atoms with Gasteiger partial charge in [0.2, 0.25) is 5.91 Å². The molecule has 1 aliphatic rings. The summed E-state index contributed by atoms with van der Waals surface area (Å²) in [5.74, 6) is 0.0255.